The van der Waals surface area contributed by atoms with Crippen LogP contribution < -0.4 is 0 Å². The number of pyridine rings is 1. The molecule has 0 spiro atoms. The van der Waals surface area contributed by atoms with Crippen molar-refractivity contribution >= 4 is 11.8 Å². The van der Waals surface area contributed by atoms with E-state index in [0.717, 1.165) is 22.0 Å². The van der Waals surface area contributed by atoms with Crippen molar-refractivity contribution in [2.75, 3.05) is 5.75 Å². The van der Waals surface area contributed by atoms with Gasteiger partial charge in [0.1, 0.15) is 5.03 Å². The van der Waals surface area contributed by atoms with E-state index in [1.165, 1.54) is 38.5 Å². The minimum atomic E-state index is 0.358. The fourth-order valence-corrected chi connectivity index (χ4v) is 3.00. The van der Waals surface area contributed by atoms with Crippen LogP contribution >= 0.6 is 11.8 Å². The highest BCUT2D eigenvalue weighted by molar-refractivity contribution is 7.99. The second-order valence-electron chi connectivity index (χ2n) is 4.85. The molecule has 3 heteroatoms. The molecule has 1 rings (SSSR count). The highest BCUT2D eigenvalue weighted by atomic mass is 32.2. The number of rotatable bonds is 8. The highest BCUT2D eigenvalue weighted by Crippen LogP contribution is 2.30. The van der Waals surface area contributed by atoms with Crippen molar-refractivity contribution in [1.82, 2.24) is 4.98 Å². The van der Waals surface area contributed by atoms with E-state index >= 15 is 0 Å². The molecule has 0 saturated heterocycles. The fourth-order valence-electron chi connectivity index (χ4n) is 1.95. The molecule has 0 fully saturated rings. The van der Waals surface area contributed by atoms with Gasteiger partial charge in [0.2, 0.25) is 0 Å². The van der Waals surface area contributed by atoms with Gasteiger partial charge in [0.15, 0.2) is 5.75 Å². The zero-order valence-corrected chi connectivity index (χ0v) is 12.6. The van der Waals surface area contributed by atoms with E-state index in [1.807, 2.05) is 19.9 Å². The Morgan fingerprint density at radius 2 is 1.78 bits per heavy atom. The molecule has 0 aliphatic rings. The number of aryl methyl sites for hydroxylation is 2. The lowest BCUT2D eigenvalue weighted by molar-refractivity contribution is 0.451. The van der Waals surface area contributed by atoms with Gasteiger partial charge < -0.3 is 5.11 Å². The topological polar surface area (TPSA) is 33.1 Å². The van der Waals surface area contributed by atoms with Crippen LogP contribution in [0.5, 0.6) is 5.75 Å². The van der Waals surface area contributed by atoms with E-state index in [1.54, 1.807) is 11.8 Å². The average molecular weight is 267 g/mol. The molecule has 0 aliphatic carbocycles. The van der Waals surface area contributed by atoms with Crippen LogP contribution in [0.15, 0.2) is 11.1 Å². The molecular weight excluding hydrogens is 242 g/mol. The van der Waals surface area contributed by atoms with Gasteiger partial charge in [-0.25, -0.2) is 4.98 Å². The Morgan fingerprint density at radius 1 is 1.11 bits per heavy atom. The molecule has 0 atom stereocenters. The molecule has 1 N–H and O–H groups in total. The Labute approximate surface area is 115 Å². The monoisotopic (exact) mass is 267 g/mol. The minimum Gasteiger partial charge on any atom is -0.505 e. The third-order valence-corrected chi connectivity index (χ3v) is 4.07. The first-order valence-electron chi connectivity index (χ1n) is 6.95. The Morgan fingerprint density at radius 3 is 2.50 bits per heavy atom. The molecule has 0 unspecified atom stereocenters. The normalized spacial score (nSPS) is 10.8. The number of aromatic nitrogens is 1. The maximum absolute atomic E-state index is 9.91. The molecule has 1 aromatic rings. The van der Waals surface area contributed by atoms with Crippen LogP contribution in [-0.2, 0) is 0 Å². The van der Waals surface area contributed by atoms with Crippen LogP contribution in [-0.4, -0.2) is 15.8 Å². The van der Waals surface area contributed by atoms with E-state index in [-0.39, 0.29) is 0 Å². The summed E-state index contributed by atoms with van der Waals surface area (Å²) < 4.78 is 0. The summed E-state index contributed by atoms with van der Waals surface area (Å²) in [5.41, 5.74) is 1.91. The standard InChI is InChI=1S/C15H25NOS/c1-4-5-6-7-8-9-10-18-15-14(17)12(2)11-13(3)16-15/h11,17H,4-10H2,1-3H3. The fraction of sp³-hybridized carbons (Fsp3) is 0.667. The van der Waals surface area contributed by atoms with E-state index in [9.17, 15) is 5.11 Å². The predicted molar refractivity (Wildman–Crippen MR) is 79.5 cm³/mol. The van der Waals surface area contributed by atoms with E-state index in [2.05, 4.69) is 11.9 Å². The van der Waals surface area contributed by atoms with Gasteiger partial charge >= 0.3 is 0 Å². The van der Waals surface area contributed by atoms with Crippen LogP contribution in [0.2, 0.25) is 0 Å². The third-order valence-electron chi connectivity index (χ3n) is 3.02. The zero-order valence-electron chi connectivity index (χ0n) is 11.8. The Bertz CT molecular complexity index is 366. The van der Waals surface area contributed by atoms with Crippen LogP contribution in [0, 0.1) is 13.8 Å². The van der Waals surface area contributed by atoms with Gasteiger partial charge in [0.25, 0.3) is 0 Å². The van der Waals surface area contributed by atoms with Gasteiger partial charge in [-0.15, -0.1) is 11.8 Å². The number of aromatic hydroxyl groups is 1. The van der Waals surface area contributed by atoms with E-state index in [0.29, 0.717) is 5.75 Å². The van der Waals surface area contributed by atoms with Gasteiger partial charge in [-0.05, 0) is 37.7 Å². The Hall–Kier alpha value is -0.700. The average Bonchev–Trinajstić information content (AvgIpc) is 2.33. The number of nitrogens with zero attached hydrogens (tertiary/aromatic N) is 1. The van der Waals surface area contributed by atoms with E-state index in [4.69, 9.17) is 0 Å². The smallest absolute Gasteiger partial charge is 0.150 e. The van der Waals surface area contributed by atoms with Crippen molar-refractivity contribution in [2.24, 2.45) is 0 Å². The summed E-state index contributed by atoms with van der Waals surface area (Å²) in [5, 5.41) is 10.7. The molecule has 1 heterocycles. The van der Waals surface area contributed by atoms with Gasteiger partial charge in [-0.1, -0.05) is 39.0 Å². The maximum Gasteiger partial charge on any atom is 0.150 e. The molecule has 2 nitrogen and oxygen atoms in total. The second kappa shape index (κ2) is 8.41. The molecule has 0 aliphatic heterocycles. The molecule has 18 heavy (non-hydrogen) atoms. The summed E-state index contributed by atoms with van der Waals surface area (Å²) in [6.07, 6.45) is 7.84. The predicted octanol–water partition coefficient (Wildman–Crippen LogP) is 4.86. The summed E-state index contributed by atoms with van der Waals surface area (Å²) in [7, 11) is 0. The SMILES string of the molecule is CCCCCCCCSc1nc(C)cc(C)c1O. The van der Waals surface area contributed by atoms with Crippen molar-refractivity contribution in [2.45, 2.75) is 64.3 Å². The summed E-state index contributed by atoms with van der Waals surface area (Å²) in [6.45, 7) is 6.14. The zero-order chi connectivity index (χ0) is 13.4. The molecule has 0 saturated carbocycles. The summed E-state index contributed by atoms with van der Waals surface area (Å²) in [6, 6.07) is 1.92. The lowest BCUT2D eigenvalue weighted by Crippen LogP contribution is -1.90. The second-order valence-corrected chi connectivity index (χ2v) is 5.93. The van der Waals surface area contributed by atoms with Gasteiger partial charge in [-0.3, -0.25) is 0 Å². The highest BCUT2D eigenvalue weighted by Gasteiger charge is 2.07. The molecular formula is C15H25NOS. The van der Waals surface area contributed by atoms with Crippen LogP contribution in [0.25, 0.3) is 0 Å². The largest absolute Gasteiger partial charge is 0.505 e. The van der Waals surface area contributed by atoms with Crippen LogP contribution in [0.1, 0.15) is 56.7 Å². The first-order chi connectivity index (χ1) is 8.65. The van der Waals surface area contributed by atoms with Gasteiger partial charge in [-0.2, -0.15) is 0 Å². The summed E-state index contributed by atoms with van der Waals surface area (Å²) in [4.78, 5) is 4.39. The molecule has 0 radical (unpaired) electrons. The molecule has 1 aromatic heterocycles. The van der Waals surface area contributed by atoms with Crippen molar-refractivity contribution < 1.29 is 5.11 Å². The maximum atomic E-state index is 9.91. The lowest BCUT2D eigenvalue weighted by Gasteiger charge is -2.07. The molecule has 0 aromatic carbocycles. The van der Waals surface area contributed by atoms with Crippen molar-refractivity contribution in [1.29, 1.82) is 0 Å². The number of hydrogen-bond donors (Lipinski definition) is 1. The van der Waals surface area contributed by atoms with Crippen LogP contribution in [0.3, 0.4) is 0 Å². The summed E-state index contributed by atoms with van der Waals surface area (Å²) in [5.74, 6) is 1.41. The van der Waals surface area contributed by atoms with Crippen molar-refractivity contribution in [3.8, 4) is 5.75 Å². The molecule has 0 bridgehead atoms. The van der Waals surface area contributed by atoms with Crippen LogP contribution in [0.4, 0.5) is 0 Å². The number of unbranched alkanes of at least 4 members (excludes halogenated alkanes) is 5. The quantitative estimate of drug-likeness (QED) is 0.539. The third kappa shape index (κ3) is 5.30. The first kappa shape index (κ1) is 15.4. The molecule has 102 valence electrons. The van der Waals surface area contributed by atoms with Crippen molar-refractivity contribution in [3.05, 3.63) is 17.3 Å². The first-order valence-corrected chi connectivity index (χ1v) is 7.93. The number of thioether (sulfide) groups is 1. The van der Waals surface area contributed by atoms with Gasteiger partial charge in [0.05, 0.1) is 0 Å². The Kier molecular flexibility index (Phi) is 7.18. The Balaban J connectivity index is 2.27. The summed E-state index contributed by atoms with van der Waals surface area (Å²) >= 11 is 1.68. The van der Waals surface area contributed by atoms with E-state index < -0.39 is 0 Å². The molecule has 0 amide bonds. The lowest BCUT2D eigenvalue weighted by atomic mass is 10.1. The minimum absolute atomic E-state index is 0.358. The van der Waals surface area contributed by atoms with Gasteiger partial charge in [0, 0.05) is 5.69 Å². The number of hydrogen-bond acceptors (Lipinski definition) is 3. The van der Waals surface area contributed by atoms with Crippen molar-refractivity contribution in [3.63, 3.8) is 0 Å².